The van der Waals surface area contributed by atoms with Crippen LogP contribution in [0.3, 0.4) is 0 Å². The third kappa shape index (κ3) is 2.61. The van der Waals surface area contributed by atoms with Gasteiger partial charge in [0.15, 0.2) is 0 Å². The van der Waals surface area contributed by atoms with Crippen molar-refractivity contribution in [1.82, 2.24) is 4.90 Å². The zero-order valence-corrected chi connectivity index (χ0v) is 10.4. The van der Waals surface area contributed by atoms with Gasteiger partial charge in [-0.15, -0.1) is 0 Å². The van der Waals surface area contributed by atoms with Gasteiger partial charge in [-0.05, 0) is 31.0 Å². The Balaban J connectivity index is 2.24. The van der Waals surface area contributed by atoms with E-state index in [0.717, 1.165) is 12.8 Å². The molecule has 1 aromatic rings. The van der Waals surface area contributed by atoms with E-state index in [9.17, 15) is 9.18 Å². The lowest BCUT2D eigenvalue weighted by Crippen LogP contribution is -2.45. The molecule has 0 unspecified atom stereocenters. The number of halogens is 1. The first-order valence-electron chi connectivity index (χ1n) is 6.00. The minimum Gasteiger partial charge on any atom is -0.496 e. The second kappa shape index (κ2) is 5.35. The molecule has 1 saturated heterocycles. The van der Waals surface area contributed by atoms with Gasteiger partial charge in [0, 0.05) is 19.1 Å². The van der Waals surface area contributed by atoms with Crippen LogP contribution in [0.15, 0.2) is 18.2 Å². The first-order chi connectivity index (χ1) is 8.61. The highest BCUT2D eigenvalue weighted by atomic mass is 19.1. The smallest absolute Gasteiger partial charge is 0.257 e. The van der Waals surface area contributed by atoms with Crippen molar-refractivity contribution in [2.45, 2.75) is 18.9 Å². The molecule has 2 N–H and O–H groups in total. The molecule has 1 amide bonds. The van der Waals surface area contributed by atoms with E-state index < -0.39 is 5.82 Å². The highest BCUT2D eigenvalue weighted by Gasteiger charge is 2.24. The van der Waals surface area contributed by atoms with Crippen molar-refractivity contribution in [1.29, 1.82) is 0 Å². The molecule has 98 valence electrons. The number of piperidine rings is 1. The molecule has 1 fully saturated rings. The Morgan fingerprint density at radius 2 is 2.33 bits per heavy atom. The second-order valence-corrected chi connectivity index (χ2v) is 4.50. The maximum absolute atomic E-state index is 13.2. The number of hydrogen-bond acceptors (Lipinski definition) is 3. The fraction of sp³-hybridized carbons (Fsp3) is 0.462. The molecule has 4 nitrogen and oxygen atoms in total. The van der Waals surface area contributed by atoms with Crippen LogP contribution >= 0.6 is 0 Å². The van der Waals surface area contributed by atoms with Gasteiger partial charge in [-0.3, -0.25) is 4.79 Å². The van der Waals surface area contributed by atoms with Crippen molar-refractivity contribution in [3.8, 4) is 5.75 Å². The van der Waals surface area contributed by atoms with Gasteiger partial charge < -0.3 is 15.4 Å². The number of hydrogen-bond donors (Lipinski definition) is 1. The van der Waals surface area contributed by atoms with Crippen LogP contribution in [-0.4, -0.2) is 37.0 Å². The number of carbonyl (C=O) groups excluding carboxylic acids is 1. The molecule has 0 bridgehead atoms. The molecule has 1 aliphatic rings. The number of ether oxygens (including phenoxy) is 1. The average Bonchev–Trinajstić information content (AvgIpc) is 2.38. The summed E-state index contributed by atoms with van der Waals surface area (Å²) in [6.07, 6.45) is 1.80. The zero-order valence-electron chi connectivity index (χ0n) is 10.4. The van der Waals surface area contributed by atoms with Gasteiger partial charge in [-0.25, -0.2) is 4.39 Å². The number of methoxy groups -OCH3 is 1. The second-order valence-electron chi connectivity index (χ2n) is 4.50. The van der Waals surface area contributed by atoms with Crippen molar-refractivity contribution in [3.05, 3.63) is 29.6 Å². The monoisotopic (exact) mass is 252 g/mol. The van der Waals surface area contributed by atoms with Crippen LogP contribution < -0.4 is 10.5 Å². The van der Waals surface area contributed by atoms with E-state index in [1.807, 2.05) is 0 Å². The van der Waals surface area contributed by atoms with Crippen LogP contribution in [0.5, 0.6) is 5.75 Å². The predicted octanol–water partition coefficient (Wildman–Crippen LogP) is 1.40. The predicted molar refractivity (Wildman–Crippen MR) is 66.1 cm³/mol. The lowest BCUT2D eigenvalue weighted by atomic mass is 10.0. The van der Waals surface area contributed by atoms with E-state index in [-0.39, 0.29) is 17.5 Å². The molecule has 0 saturated carbocycles. The molecule has 1 aromatic carbocycles. The van der Waals surface area contributed by atoms with E-state index in [0.29, 0.717) is 18.8 Å². The number of amides is 1. The minimum absolute atomic E-state index is 0.00209. The van der Waals surface area contributed by atoms with Crippen LogP contribution in [0.1, 0.15) is 23.2 Å². The molecule has 0 aromatic heterocycles. The standard InChI is InChI=1S/C13H17FN2O2/c1-18-12-5-4-9(14)7-11(12)13(17)16-6-2-3-10(15)8-16/h4-5,7,10H,2-3,6,8,15H2,1H3/t10-/m1/s1. The Morgan fingerprint density at radius 3 is 3.00 bits per heavy atom. The molecule has 1 aliphatic heterocycles. The van der Waals surface area contributed by atoms with Crippen LogP contribution in [0.25, 0.3) is 0 Å². The first kappa shape index (κ1) is 12.8. The van der Waals surface area contributed by atoms with Crippen molar-refractivity contribution in [2.75, 3.05) is 20.2 Å². The van der Waals surface area contributed by atoms with Gasteiger partial charge in [0.05, 0.1) is 12.7 Å². The van der Waals surface area contributed by atoms with Crippen molar-refractivity contribution < 1.29 is 13.9 Å². The summed E-state index contributed by atoms with van der Waals surface area (Å²) in [7, 11) is 1.46. The summed E-state index contributed by atoms with van der Waals surface area (Å²) in [5.41, 5.74) is 6.10. The molecule has 0 aliphatic carbocycles. The number of carbonyl (C=O) groups is 1. The fourth-order valence-electron chi connectivity index (χ4n) is 2.21. The Hall–Kier alpha value is -1.62. The van der Waals surface area contributed by atoms with Crippen LogP contribution in [0.4, 0.5) is 4.39 Å². The molecule has 0 spiro atoms. The van der Waals surface area contributed by atoms with Crippen LogP contribution in [0, 0.1) is 5.82 Å². The van der Waals surface area contributed by atoms with Crippen molar-refractivity contribution in [3.63, 3.8) is 0 Å². The van der Waals surface area contributed by atoms with Gasteiger partial charge in [0.2, 0.25) is 0 Å². The van der Waals surface area contributed by atoms with Gasteiger partial charge >= 0.3 is 0 Å². The van der Waals surface area contributed by atoms with E-state index >= 15 is 0 Å². The SMILES string of the molecule is COc1ccc(F)cc1C(=O)N1CCC[C@@H](N)C1. The number of rotatable bonds is 2. The average molecular weight is 252 g/mol. The first-order valence-corrected chi connectivity index (χ1v) is 6.00. The van der Waals surface area contributed by atoms with Crippen molar-refractivity contribution in [2.24, 2.45) is 5.73 Å². The third-order valence-electron chi connectivity index (χ3n) is 3.14. The molecule has 1 atom stereocenters. The molecular formula is C13H17FN2O2. The molecule has 1 heterocycles. The molecule has 5 heteroatoms. The summed E-state index contributed by atoms with van der Waals surface area (Å²) in [4.78, 5) is 14.0. The van der Waals surface area contributed by atoms with Crippen LogP contribution in [0.2, 0.25) is 0 Å². The lowest BCUT2D eigenvalue weighted by molar-refractivity contribution is 0.0705. The normalized spacial score (nSPS) is 19.7. The highest BCUT2D eigenvalue weighted by Crippen LogP contribution is 2.22. The minimum atomic E-state index is -0.444. The summed E-state index contributed by atoms with van der Waals surface area (Å²) < 4.78 is 18.3. The largest absolute Gasteiger partial charge is 0.496 e. The zero-order chi connectivity index (χ0) is 13.1. The number of nitrogens with two attached hydrogens (primary N) is 1. The fourth-order valence-corrected chi connectivity index (χ4v) is 2.21. The van der Waals surface area contributed by atoms with E-state index in [4.69, 9.17) is 10.5 Å². The summed E-state index contributed by atoms with van der Waals surface area (Å²) in [5, 5.41) is 0. The van der Waals surface area contributed by atoms with E-state index in [1.165, 1.54) is 25.3 Å². The van der Waals surface area contributed by atoms with Gasteiger partial charge in [-0.2, -0.15) is 0 Å². The third-order valence-corrected chi connectivity index (χ3v) is 3.14. The molecule has 2 rings (SSSR count). The van der Waals surface area contributed by atoms with E-state index in [2.05, 4.69) is 0 Å². The van der Waals surface area contributed by atoms with Gasteiger partial charge in [0.1, 0.15) is 11.6 Å². The number of likely N-dealkylation sites (tertiary alicyclic amines) is 1. The van der Waals surface area contributed by atoms with Gasteiger partial charge in [0.25, 0.3) is 5.91 Å². The summed E-state index contributed by atoms with van der Waals surface area (Å²) in [6.45, 7) is 1.17. The molecular weight excluding hydrogens is 235 g/mol. The summed E-state index contributed by atoms with van der Waals surface area (Å²) in [5.74, 6) is -0.275. The maximum Gasteiger partial charge on any atom is 0.257 e. The molecule has 18 heavy (non-hydrogen) atoms. The summed E-state index contributed by atoms with van der Waals surface area (Å²) >= 11 is 0. The lowest BCUT2D eigenvalue weighted by Gasteiger charge is -2.31. The topological polar surface area (TPSA) is 55.6 Å². The maximum atomic E-state index is 13.2. The Bertz CT molecular complexity index is 451. The van der Waals surface area contributed by atoms with Crippen LogP contribution in [-0.2, 0) is 0 Å². The Morgan fingerprint density at radius 1 is 1.56 bits per heavy atom. The van der Waals surface area contributed by atoms with E-state index in [1.54, 1.807) is 4.90 Å². The number of nitrogens with zero attached hydrogens (tertiary/aromatic N) is 1. The van der Waals surface area contributed by atoms with Crippen molar-refractivity contribution >= 4 is 5.91 Å². The number of benzene rings is 1. The highest BCUT2D eigenvalue weighted by molar-refractivity contribution is 5.97. The Kier molecular flexibility index (Phi) is 3.81. The Labute approximate surface area is 106 Å². The quantitative estimate of drug-likeness (QED) is 0.865. The van der Waals surface area contributed by atoms with Gasteiger partial charge in [-0.1, -0.05) is 0 Å². The molecule has 0 radical (unpaired) electrons. The summed E-state index contributed by atoms with van der Waals surface area (Å²) in [6, 6.07) is 3.95.